The number of carbonyl (C=O) groups excluding carboxylic acids is 2. The summed E-state index contributed by atoms with van der Waals surface area (Å²) >= 11 is 0. The Bertz CT molecular complexity index is 790. The molecule has 0 aliphatic heterocycles. The molecule has 0 aromatic heterocycles. The molecule has 2 amide bonds. The smallest absolute Gasteiger partial charge is 0.255 e. The summed E-state index contributed by atoms with van der Waals surface area (Å²) in [6, 6.07) is 13.2. The molecule has 0 radical (unpaired) electrons. The zero-order valence-electron chi connectivity index (χ0n) is 13.7. The van der Waals surface area contributed by atoms with Crippen LogP contribution in [0, 0.1) is 5.82 Å². The van der Waals surface area contributed by atoms with E-state index in [9.17, 15) is 14.0 Å². The van der Waals surface area contributed by atoms with E-state index < -0.39 is 5.91 Å². The monoisotopic (exact) mass is 342 g/mol. The normalized spacial score (nSPS) is 13.3. The molecular weight excluding hydrogens is 323 g/mol. The van der Waals surface area contributed by atoms with Crippen molar-refractivity contribution in [1.29, 1.82) is 0 Å². The minimum atomic E-state index is -0.587. The van der Waals surface area contributed by atoms with Crippen LogP contribution in [0.4, 0.5) is 4.39 Å². The topological polar surface area (TPSA) is 72.6 Å². The number of carbonyl (C=O) groups is 2. The first kappa shape index (κ1) is 17.0. The van der Waals surface area contributed by atoms with E-state index in [0.29, 0.717) is 16.9 Å². The fourth-order valence-electron chi connectivity index (χ4n) is 2.60. The van der Waals surface area contributed by atoms with Crippen LogP contribution < -0.4 is 10.5 Å². The Morgan fingerprint density at radius 2 is 1.92 bits per heavy atom. The number of primary amides is 1. The van der Waals surface area contributed by atoms with Gasteiger partial charge in [-0.3, -0.25) is 9.59 Å². The second-order valence-electron chi connectivity index (χ2n) is 6.04. The van der Waals surface area contributed by atoms with Crippen LogP contribution in [0.1, 0.15) is 28.8 Å². The summed E-state index contributed by atoms with van der Waals surface area (Å²) in [6.45, 7) is -0.0260. The molecule has 6 heteroatoms. The molecule has 0 atom stereocenters. The lowest BCUT2D eigenvalue weighted by molar-refractivity contribution is -0.119. The lowest BCUT2D eigenvalue weighted by atomic mass is 10.1. The molecule has 0 spiro atoms. The average Bonchev–Trinajstić information content (AvgIpc) is 3.44. The van der Waals surface area contributed by atoms with Gasteiger partial charge in [0.1, 0.15) is 11.6 Å². The minimum Gasteiger partial charge on any atom is -0.484 e. The van der Waals surface area contributed by atoms with Crippen molar-refractivity contribution in [2.75, 3.05) is 6.61 Å². The maximum atomic E-state index is 13.9. The van der Waals surface area contributed by atoms with E-state index >= 15 is 0 Å². The van der Waals surface area contributed by atoms with Gasteiger partial charge in [0.25, 0.3) is 11.8 Å². The fourth-order valence-corrected chi connectivity index (χ4v) is 2.60. The zero-order chi connectivity index (χ0) is 17.8. The van der Waals surface area contributed by atoms with Crippen molar-refractivity contribution in [1.82, 2.24) is 4.90 Å². The van der Waals surface area contributed by atoms with Crippen LogP contribution in [0.15, 0.2) is 48.5 Å². The van der Waals surface area contributed by atoms with E-state index in [4.69, 9.17) is 10.5 Å². The third-order valence-corrected chi connectivity index (χ3v) is 4.01. The van der Waals surface area contributed by atoms with Gasteiger partial charge in [0.2, 0.25) is 0 Å². The number of halogens is 1. The molecular formula is C19H19FN2O3. The van der Waals surface area contributed by atoms with Gasteiger partial charge in [-0.1, -0.05) is 24.3 Å². The number of nitrogens with zero attached hydrogens (tertiary/aromatic N) is 1. The van der Waals surface area contributed by atoms with E-state index in [2.05, 4.69) is 0 Å². The van der Waals surface area contributed by atoms with E-state index in [1.165, 1.54) is 6.07 Å². The third-order valence-electron chi connectivity index (χ3n) is 4.01. The molecule has 1 aliphatic rings. The van der Waals surface area contributed by atoms with Gasteiger partial charge in [-0.05, 0) is 37.1 Å². The van der Waals surface area contributed by atoms with Crippen molar-refractivity contribution in [2.45, 2.75) is 25.4 Å². The van der Waals surface area contributed by atoms with Crippen LogP contribution in [0.25, 0.3) is 0 Å². The number of benzene rings is 2. The third kappa shape index (κ3) is 4.35. The Hall–Kier alpha value is -2.89. The SMILES string of the molecule is NC(=O)COc1cccc(C(=O)N(Cc2ccccc2F)C2CC2)c1. The van der Waals surface area contributed by atoms with Crippen LogP contribution in [0.3, 0.4) is 0 Å². The van der Waals surface area contributed by atoms with Gasteiger partial charge in [-0.2, -0.15) is 0 Å². The molecule has 25 heavy (non-hydrogen) atoms. The van der Waals surface area contributed by atoms with Gasteiger partial charge in [-0.25, -0.2) is 4.39 Å². The van der Waals surface area contributed by atoms with Gasteiger partial charge in [0, 0.05) is 23.7 Å². The molecule has 0 heterocycles. The Morgan fingerprint density at radius 3 is 2.60 bits per heavy atom. The quantitative estimate of drug-likeness (QED) is 0.840. The van der Waals surface area contributed by atoms with Gasteiger partial charge >= 0.3 is 0 Å². The highest BCUT2D eigenvalue weighted by Crippen LogP contribution is 2.30. The number of amides is 2. The predicted molar refractivity (Wildman–Crippen MR) is 90.4 cm³/mol. The highest BCUT2D eigenvalue weighted by atomic mass is 19.1. The largest absolute Gasteiger partial charge is 0.484 e. The summed E-state index contributed by atoms with van der Waals surface area (Å²) in [4.78, 5) is 25.4. The van der Waals surface area contributed by atoms with Gasteiger partial charge < -0.3 is 15.4 Å². The number of nitrogens with two attached hydrogens (primary N) is 1. The summed E-state index contributed by atoms with van der Waals surface area (Å²) in [5, 5.41) is 0. The van der Waals surface area contributed by atoms with Gasteiger partial charge in [0.15, 0.2) is 6.61 Å². The lowest BCUT2D eigenvalue weighted by Crippen LogP contribution is -2.33. The van der Waals surface area contributed by atoms with Crippen molar-refractivity contribution in [3.8, 4) is 5.75 Å². The van der Waals surface area contributed by atoms with Crippen molar-refractivity contribution in [3.05, 3.63) is 65.5 Å². The number of ether oxygens (including phenoxy) is 1. The summed E-state index contributed by atoms with van der Waals surface area (Å²) < 4.78 is 19.2. The van der Waals surface area contributed by atoms with Crippen LogP contribution in [-0.2, 0) is 11.3 Å². The molecule has 2 aromatic rings. The summed E-state index contributed by atoms with van der Waals surface area (Å²) in [5.74, 6) is -0.697. The number of rotatable bonds is 7. The maximum Gasteiger partial charge on any atom is 0.255 e. The van der Waals surface area contributed by atoms with Crippen molar-refractivity contribution < 1.29 is 18.7 Å². The Kier molecular flexibility index (Phi) is 4.97. The second-order valence-corrected chi connectivity index (χ2v) is 6.04. The lowest BCUT2D eigenvalue weighted by Gasteiger charge is -2.23. The first-order valence-electron chi connectivity index (χ1n) is 8.10. The molecule has 0 unspecified atom stereocenters. The summed E-state index contributed by atoms with van der Waals surface area (Å²) in [5.41, 5.74) is 5.98. The van der Waals surface area contributed by atoms with Gasteiger partial charge in [-0.15, -0.1) is 0 Å². The predicted octanol–water partition coefficient (Wildman–Crippen LogP) is 2.49. The maximum absolute atomic E-state index is 13.9. The molecule has 130 valence electrons. The molecule has 1 saturated carbocycles. The standard InChI is InChI=1S/C19H19FN2O3/c20-17-7-2-1-4-14(17)11-22(15-8-9-15)19(24)13-5-3-6-16(10-13)25-12-18(21)23/h1-7,10,15H,8-9,11-12H2,(H2,21,23). The first-order valence-corrected chi connectivity index (χ1v) is 8.10. The number of hydrogen-bond donors (Lipinski definition) is 1. The summed E-state index contributed by atoms with van der Waals surface area (Å²) in [6.07, 6.45) is 1.83. The fraction of sp³-hybridized carbons (Fsp3) is 0.263. The average molecular weight is 342 g/mol. The molecule has 0 saturated heterocycles. The molecule has 2 aromatic carbocycles. The molecule has 5 nitrogen and oxygen atoms in total. The van der Waals surface area contributed by atoms with Gasteiger partial charge in [0.05, 0.1) is 0 Å². The first-order chi connectivity index (χ1) is 12.0. The molecule has 1 aliphatic carbocycles. The Balaban J connectivity index is 1.78. The zero-order valence-corrected chi connectivity index (χ0v) is 13.7. The highest BCUT2D eigenvalue weighted by Gasteiger charge is 2.33. The molecule has 3 rings (SSSR count). The van der Waals surface area contributed by atoms with E-state index in [1.807, 2.05) is 0 Å². The van der Waals surface area contributed by atoms with Crippen molar-refractivity contribution in [2.24, 2.45) is 5.73 Å². The number of hydrogen-bond acceptors (Lipinski definition) is 3. The van der Waals surface area contributed by atoms with Crippen molar-refractivity contribution in [3.63, 3.8) is 0 Å². The molecule has 0 bridgehead atoms. The minimum absolute atomic E-state index is 0.127. The van der Waals surface area contributed by atoms with Crippen LogP contribution in [-0.4, -0.2) is 29.4 Å². The highest BCUT2D eigenvalue weighted by molar-refractivity contribution is 5.95. The molecule has 2 N–H and O–H groups in total. The van der Waals surface area contributed by atoms with Crippen LogP contribution in [0.2, 0.25) is 0 Å². The van der Waals surface area contributed by atoms with Crippen LogP contribution in [0.5, 0.6) is 5.75 Å². The van der Waals surface area contributed by atoms with E-state index in [1.54, 1.807) is 47.4 Å². The van der Waals surface area contributed by atoms with Crippen LogP contribution >= 0.6 is 0 Å². The summed E-state index contributed by atoms with van der Waals surface area (Å²) in [7, 11) is 0. The van der Waals surface area contributed by atoms with Crippen molar-refractivity contribution >= 4 is 11.8 Å². The van der Waals surface area contributed by atoms with E-state index in [0.717, 1.165) is 12.8 Å². The second kappa shape index (κ2) is 7.34. The Labute approximate surface area is 145 Å². The van der Waals surface area contributed by atoms with E-state index in [-0.39, 0.29) is 30.9 Å². The Morgan fingerprint density at radius 1 is 1.16 bits per heavy atom. The molecule has 1 fully saturated rings.